The average molecular weight is 532 g/mol. The van der Waals surface area contributed by atoms with E-state index in [0.29, 0.717) is 23.4 Å². The molecule has 38 heavy (non-hydrogen) atoms. The van der Waals surface area contributed by atoms with Gasteiger partial charge in [0.05, 0.1) is 35.5 Å². The molecule has 2 aromatic heterocycles. The van der Waals surface area contributed by atoms with Crippen LogP contribution >= 0.6 is 11.6 Å². The zero-order valence-electron chi connectivity index (χ0n) is 19.9. The fourth-order valence-electron chi connectivity index (χ4n) is 5.07. The number of aliphatic hydroxyl groups excluding tert-OH is 1. The van der Waals surface area contributed by atoms with Crippen LogP contribution in [0.25, 0.3) is 44.6 Å². The Hall–Kier alpha value is -3.89. The van der Waals surface area contributed by atoms with E-state index in [9.17, 15) is 9.90 Å². The lowest BCUT2D eigenvalue weighted by atomic mass is 9.99. The highest BCUT2D eigenvalue weighted by Crippen LogP contribution is 2.35. The molecule has 0 spiro atoms. The summed E-state index contributed by atoms with van der Waals surface area (Å²) in [6.07, 6.45) is -0.121. The Morgan fingerprint density at radius 3 is 2.32 bits per heavy atom. The lowest BCUT2D eigenvalue weighted by molar-refractivity contribution is 0.00706. The molecule has 0 unspecified atom stereocenters. The van der Waals surface area contributed by atoms with Crippen molar-refractivity contribution >= 4 is 22.6 Å². The minimum Gasteiger partial charge on any atom is -0.456 e. The molecule has 4 heterocycles. The molecule has 2 aliphatic rings. The fourth-order valence-corrected chi connectivity index (χ4v) is 5.34. The van der Waals surface area contributed by atoms with Gasteiger partial charge in [0.1, 0.15) is 18.3 Å². The zero-order valence-corrected chi connectivity index (χ0v) is 20.6. The minimum atomic E-state index is -0.634. The molecule has 3 N–H and O–H groups in total. The van der Waals surface area contributed by atoms with Gasteiger partial charge in [-0.2, -0.15) is 4.98 Å². The number of aliphatic hydroxyl groups is 1. The Labute approximate surface area is 221 Å². The van der Waals surface area contributed by atoms with Crippen LogP contribution in [0.4, 0.5) is 0 Å². The molecule has 10 heteroatoms. The van der Waals surface area contributed by atoms with E-state index >= 15 is 0 Å². The van der Waals surface area contributed by atoms with Gasteiger partial charge >= 0.3 is 5.76 Å². The largest absolute Gasteiger partial charge is 0.456 e. The number of oxazole rings is 1. The molecule has 2 fully saturated rings. The van der Waals surface area contributed by atoms with Gasteiger partial charge in [-0.25, -0.2) is 4.79 Å². The predicted octanol–water partition coefficient (Wildman–Crippen LogP) is 4.40. The highest BCUT2D eigenvalue weighted by Gasteiger charge is 2.48. The minimum absolute atomic E-state index is 0.242. The van der Waals surface area contributed by atoms with Gasteiger partial charge in [0.25, 0.3) is 6.01 Å². The molecule has 0 radical (unpaired) electrons. The van der Waals surface area contributed by atoms with Gasteiger partial charge in [-0.1, -0.05) is 60.1 Å². The molecule has 0 aliphatic carbocycles. The molecular formula is C28H22ClN3O6. The highest BCUT2D eigenvalue weighted by molar-refractivity contribution is 6.34. The van der Waals surface area contributed by atoms with Gasteiger partial charge < -0.3 is 28.7 Å². The van der Waals surface area contributed by atoms with Gasteiger partial charge in [0.2, 0.25) is 0 Å². The smallest absolute Gasteiger partial charge is 0.416 e. The van der Waals surface area contributed by atoms with E-state index in [1.165, 1.54) is 0 Å². The van der Waals surface area contributed by atoms with Crippen LogP contribution in [0.5, 0.6) is 6.01 Å². The first-order valence-electron chi connectivity index (χ1n) is 12.2. The third-order valence-corrected chi connectivity index (χ3v) is 7.33. The number of nitrogens with one attached hydrogen (secondary N) is 2. The van der Waals surface area contributed by atoms with Crippen LogP contribution < -0.4 is 10.5 Å². The summed E-state index contributed by atoms with van der Waals surface area (Å²) in [6.45, 7) is 0.568. The molecule has 2 aliphatic heterocycles. The van der Waals surface area contributed by atoms with E-state index in [2.05, 4.69) is 15.0 Å². The highest BCUT2D eigenvalue weighted by atomic mass is 35.5. The van der Waals surface area contributed by atoms with E-state index in [1.54, 1.807) is 6.20 Å². The second kappa shape index (κ2) is 9.14. The SMILES string of the molecule is O=c1[nH]cc(-c2ccc(-c3ccc(-c4cc5nc(O[C@@H]6CO[C@H]7[C@@H]6OC[C@H]7O)[nH]c5cc4Cl)cc3)cc2)o1. The number of imidazole rings is 1. The van der Waals surface area contributed by atoms with Crippen molar-refractivity contribution in [3.8, 4) is 39.6 Å². The summed E-state index contributed by atoms with van der Waals surface area (Å²) in [6, 6.07) is 20.0. The van der Waals surface area contributed by atoms with Gasteiger partial charge in [-0.3, -0.25) is 4.98 Å². The monoisotopic (exact) mass is 531 g/mol. The number of benzene rings is 3. The Morgan fingerprint density at radius 2 is 1.61 bits per heavy atom. The molecule has 192 valence electrons. The maximum absolute atomic E-state index is 11.3. The van der Waals surface area contributed by atoms with Crippen LogP contribution in [0.1, 0.15) is 0 Å². The van der Waals surface area contributed by atoms with Gasteiger partial charge in [-0.05, 0) is 28.8 Å². The van der Waals surface area contributed by atoms with Gasteiger partial charge in [0, 0.05) is 11.1 Å². The van der Waals surface area contributed by atoms with Crippen molar-refractivity contribution in [1.29, 1.82) is 0 Å². The molecule has 0 bridgehead atoms. The van der Waals surface area contributed by atoms with E-state index in [0.717, 1.165) is 38.9 Å². The summed E-state index contributed by atoms with van der Waals surface area (Å²) in [7, 11) is 0. The number of hydrogen-bond donors (Lipinski definition) is 3. The first kappa shape index (κ1) is 23.2. The molecule has 0 amide bonds. The van der Waals surface area contributed by atoms with E-state index < -0.39 is 11.9 Å². The topological polar surface area (TPSA) is 123 Å². The number of halogens is 1. The maximum Gasteiger partial charge on any atom is 0.416 e. The normalized spacial score (nSPS) is 22.7. The Balaban J connectivity index is 1.11. The molecule has 4 atom stereocenters. The first-order valence-corrected chi connectivity index (χ1v) is 12.6. The number of aromatic amines is 2. The number of nitrogens with zero attached hydrogens (tertiary/aromatic N) is 1. The lowest BCUT2D eigenvalue weighted by Crippen LogP contribution is -2.34. The molecule has 0 saturated carbocycles. The molecule has 2 saturated heterocycles. The number of H-pyrrole nitrogens is 2. The quantitative estimate of drug-likeness (QED) is 0.307. The number of ether oxygens (including phenoxy) is 3. The van der Waals surface area contributed by atoms with Gasteiger partial charge in [0.15, 0.2) is 11.9 Å². The predicted molar refractivity (Wildman–Crippen MR) is 140 cm³/mol. The van der Waals surface area contributed by atoms with Crippen molar-refractivity contribution in [3.63, 3.8) is 0 Å². The summed E-state index contributed by atoms with van der Waals surface area (Å²) in [4.78, 5) is 21.5. The van der Waals surface area contributed by atoms with Crippen molar-refractivity contribution in [3.05, 3.63) is 82.4 Å². The van der Waals surface area contributed by atoms with E-state index in [4.69, 9.17) is 30.2 Å². The Bertz CT molecular complexity index is 1670. The van der Waals surface area contributed by atoms with Crippen LogP contribution in [0.3, 0.4) is 0 Å². The average Bonchev–Trinajstić information content (AvgIpc) is 3.71. The second-order valence-electron chi connectivity index (χ2n) is 9.41. The van der Waals surface area contributed by atoms with Crippen molar-refractivity contribution in [2.45, 2.75) is 24.4 Å². The number of aromatic nitrogens is 3. The standard InChI is InChI=1S/C28H22ClN3O6/c29-19-10-21-20(31-27(32-21)37-24-13-36-25-22(33)12-35-26(24)25)9-18(19)16-5-1-14(2-6-16)15-3-7-17(8-4-15)23-11-30-28(34)38-23/h1-11,22,24-26,33H,12-13H2,(H,30,34)(H,31,32)/t22-,24-,25-,26-/m1/s1. The molecule has 5 aromatic rings. The van der Waals surface area contributed by atoms with E-state index in [-0.39, 0.29) is 24.9 Å². The molecule has 3 aromatic carbocycles. The summed E-state index contributed by atoms with van der Waals surface area (Å²) in [5.41, 5.74) is 6.18. The van der Waals surface area contributed by atoms with Crippen LogP contribution in [-0.4, -0.2) is 57.7 Å². The van der Waals surface area contributed by atoms with E-state index in [1.807, 2.05) is 60.7 Å². The van der Waals surface area contributed by atoms with Crippen molar-refractivity contribution in [2.75, 3.05) is 13.2 Å². The van der Waals surface area contributed by atoms with Gasteiger partial charge in [-0.15, -0.1) is 0 Å². The molecular weight excluding hydrogens is 510 g/mol. The Kier molecular flexibility index (Phi) is 5.59. The number of rotatable bonds is 5. The molecule has 7 rings (SSSR count). The number of hydrogen-bond acceptors (Lipinski definition) is 7. The third-order valence-electron chi connectivity index (χ3n) is 7.02. The summed E-state index contributed by atoms with van der Waals surface area (Å²) in [5.74, 6) is 0.0244. The summed E-state index contributed by atoms with van der Waals surface area (Å²) < 4.78 is 22.4. The summed E-state index contributed by atoms with van der Waals surface area (Å²) >= 11 is 6.65. The molecule has 9 nitrogen and oxygen atoms in total. The third kappa shape index (κ3) is 4.10. The maximum atomic E-state index is 11.3. The second-order valence-corrected chi connectivity index (χ2v) is 9.82. The van der Waals surface area contributed by atoms with Crippen LogP contribution in [0.15, 0.2) is 76.1 Å². The van der Waals surface area contributed by atoms with Crippen molar-refractivity contribution < 1.29 is 23.7 Å². The van der Waals surface area contributed by atoms with Crippen molar-refractivity contribution in [2.24, 2.45) is 0 Å². The lowest BCUT2D eigenvalue weighted by Gasteiger charge is -2.15. The van der Waals surface area contributed by atoms with Crippen LogP contribution in [0, 0.1) is 0 Å². The Morgan fingerprint density at radius 1 is 0.921 bits per heavy atom. The van der Waals surface area contributed by atoms with Crippen molar-refractivity contribution in [1.82, 2.24) is 15.0 Å². The summed E-state index contributed by atoms with van der Waals surface area (Å²) in [5, 5.41) is 10.5. The number of fused-ring (bicyclic) bond motifs is 2. The van der Waals surface area contributed by atoms with Crippen LogP contribution in [0.2, 0.25) is 5.02 Å². The zero-order chi connectivity index (χ0) is 25.8. The van der Waals surface area contributed by atoms with Crippen LogP contribution in [-0.2, 0) is 9.47 Å². The fraction of sp³-hybridized carbons (Fsp3) is 0.214. The first-order chi connectivity index (χ1) is 18.5.